The Morgan fingerprint density at radius 3 is 2.21 bits per heavy atom. The second-order valence-corrected chi connectivity index (χ2v) is 12.4. The first-order chi connectivity index (χ1) is 20.3. The lowest BCUT2D eigenvalue weighted by molar-refractivity contribution is -0.164. The van der Waals surface area contributed by atoms with E-state index in [1.54, 1.807) is 6.92 Å². The minimum atomic E-state index is -1.14. The van der Waals surface area contributed by atoms with Gasteiger partial charge in [-0.3, -0.25) is 28.8 Å². The van der Waals surface area contributed by atoms with Crippen LogP contribution in [0.2, 0.25) is 0 Å². The molecule has 13 heteroatoms. The maximum Gasteiger partial charge on any atom is 0.308 e. The van der Waals surface area contributed by atoms with Crippen molar-refractivity contribution in [2.75, 3.05) is 33.8 Å². The van der Waals surface area contributed by atoms with Crippen molar-refractivity contribution >= 4 is 35.5 Å². The summed E-state index contributed by atoms with van der Waals surface area (Å²) in [6.07, 6.45) is 1.01. The van der Waals surface area contributed by atoms with Crippen LogP contribution in [0.3, 0.4) is 0 Å². The number of carbonyl (C=O) groups is 6. The Labute approximate surface area is 254 Å². The number of likely N-dealkylation sites (N-methyl/N-ethyl adjacent to an activating group) is 2. The predicted octanol–water partition coefficient (Wildman–Crippen LogP) is 0.449. The van der Waals surface area contributed by atoms with Gasteiger partial charge in [-0.25, -0.2) is 0 Å². The van der Waals surface area contributed by atoms with Crippen LogP contribution < -0.4 is 10.6 Å². The van der Waals surface area contributed by atoms with Gasteiger partial charge in [0, 0.05) is 33.6 Å². The van der Waals surface area contributed by atoms with Gasteiger partial charge >= 0.3 is 5.97 Å². The first kappa shape index (κ1) is 34.3. The van der Waals surface area contributed by atoms with Gasteiger partial charge in [0.2, 0.25) is 23.6 Å². The van der Waals surface area contributed by atoms with E-state index in [4.69, 9.17) is 9.47 Å². The number of amides is 5. The average molecular weight is 608 g/mol. The molecule has 0 aromatic heterocycles. The number of esters is 1. The van der Waals surface area contributed by atoms with Gasteiger partial charge in [-0.05, 0) is 38.0 Å². The molecule has 0 bridgehead atoms. The quantitative estimate of drug-likeness (QED) is 0.337. The molecule has 0 aromatic carbocycles. The summed E-state index contributed by atoms with van der Waals surface area (Å²) in [5.41, 5.74) is 0. The first-order valence-electron chi connectivity index (χ1n) is 15.5. The van der Waals surface area contributed by atoms with Gasteiger partial charge in [-0.1, -0.05) is 34.1 Å². The second-order valence-electron chi connectivity index (χ2n) is 12.4. The molecule has 0 radical (unpaired) electrons. The third kappa shape index (κ3) is 8.45. The van der Waals surface area contributed by atoms with E-state index >= 15 is 0 Å². The molecule has 43 heavy (non-hydrogen) atoms. The van der Waals surface area contributed by atoms with Crippen molar-refractivity contribution in [3.63, 3.8) is 0 Å². The van der Waals surface area contributed by atoms with Gasteiger partial charge in [0.05, 0.1) is 19.1 Å². The largest absolute Gasteiger partial charge is 0.452 e. The van der Waals surface area contributed by atoms with E-state index in [1.165, 1.54) is 28.8 Å². The lowest BCUT2D eigenvalue weighted by Gasteiger charge is -2.39. The fourth-order valence-electron chi connectivity index (χ4n) is 5.71. The van der Waals surface area contributed by atoms with E-state index in [0.29, 0.717) is 38.8 Å². The van der Waals surface area contributed by atoms with E-state index < -0.39 is 65.8 Å². The Balaban J connectivity index is 2.00. The van der Waals surface area contributed by atoms with Crippen molar-refractivity contribution in [1.29, 1.82) is 0 Å². The van der Waals surface area contributed by atoms with E-state index in [1.807, 2.05) is 27.7 Å². The zero-order chi connectivity index (χ0) is 32.0. The SMILES string of the molecule is CCC(C)[C@@H]1NC(=O)[C@@H]2CCCCN2C(=O)[C@@H](CC2CO2)OC(=O)CCNC(=O)[C@H](C)N(C)C(=O)C(C(C)C)N(C)C1=O. The summed E-state index contributed by atoms with van der Waals surface area (Å²) in [5, 5.41) is 5.58. The number of nitrogens with zero attached hydrogens (tertiary/aromatic N) is 3. The molecular weight excluding hydrogens is 558 g/mol. The molecule has 3 heterocycles. The normalized spacial score (nSPS) is 31.4. The maximum atomic E-state index is 14.0. The molecule has 0 aliphatic carbocycles. The van der Waals surface area contributed by atoms with Crippen LogP contribution in [0.25, 0.3) is 0 Å². The second kappa shape index (κ2) is 15.0. The number of hydrogen-bond donors (Lipinski definition) is 2. The van der Waals surface area contributed by atoms with Gasteiger partial charge in [-0.15, -0.1) is 0 Å². The number of epoxide rings is 1. The molecule has 2 N–H and O–H groups in total. The Morgan fingerprint density at radius 1 is 0.930 bits per heavy atom. The van der Waals surface area contributed by atoms with Crippen molar-refractivity contribution < 1.29 is 38.2 Å². The highest BCUT2D eigenvalue weighted by Gasteiger charge is 2.43. The van der Waals surface area contributed by atoms with Crippen molar-refractivity contribution in [2.45, 2.75) is 110 Å². The van der Waals surface area contributed by atoms with Crippen LogP contribution in [0.4, 0.5) is 0 Å². The highest BCUT2D eigenvalue weighted by Crippen LogP contribution is 2.25. The number of rotatable bonds is 5. The molecule has 13 nitrogen and oxygen atoms in total. The van der Waals surface area contributed by atoms with Crippen molar-refractivity contribution in [1.82, 2.24) is 25.3 Å². The highest BCUT2D eigenvalue weighted by atomic mass is 16.6. The summed E-state index contributed by atoms with van der Waals surface area (Å²) in [7, 11) is 3.04. The fraction of sp³-hybridized carbons (Fsp3) is 0.800. The molecule has 3 rings (SSSR count). The van der Waals surface area contributed by atoms with Crippen LogP contribution in [0.1, 0.15) is 73.1 Å². The van der Waals surface area contributed by atoms with Gasteiger partial charge in [-0.2, -0.15) is 0 Å². The molecule has 7 atom stereocenters. The summed E-state index contributed by atoms with van der Waals surface area (Å²) in [6.45, 7) is 9.67. The van der Waals surface area contributed by atoms with E-state index in [2.05, 4.69) is 10.6 Å². The molecule has 0 spiro atoms. The zero-order valence-electron chi connectivity index (χ0n) is 26.6. The average Bonchev–Trinajstić information content (AvgIpc) is 3.80. The van der Waals surface area contributed by atoms with Crippen LogP contribution in [0.5, 0.6) is 0 Å². The molecule has 0 aromatic rings. The summed E-state index contributed by atoms with van der Waals surface area (Å²) in [6, 6.07) is -3.58. The molecule has 3 unspecified atom stereocenters. The number of nitrogens with one attached hydrogen (secondary N) is 2. The van der Waals surface area contributed by atoms with Gasteiger partial charge in [0.1, 0.15) is 24.2 Å². The van der Waals surface area contributed by atoms with Gasteiger partial charge in [0.25, 0.3) is 5.91 Å². The lowest BCUT2D eigenvalue weighted by atomic mass is 9.93. The topological polar surface area (TPSA) is 158 Å². The molecule has 3 saturated heterocycles. The Kier molecular flexibility index (Phi) is 11.9. The number of piperidine rings is 1. The number of hydrogen-bond acceptors (Lipinski definition) is 8. The van der Waals surface area contributed by atoms with Crippen LogP contribution in [0, 0.1) is 11.8 Å². The minimum Gasteiger partial charge on any atom is -0.452 e. The van der Waals surface area contributed by atoms with Gasteiger partial charge < -0.3 is 34.8 Å². The number of ether oxygens (including phenoxy) is 2. The third-order valence-electron chi connectivity index (χ3n) is 8.88. The number of fused-ring (bicyclic) bond motifs is 1. The summed E-state index contributed by atoms with van der Waals surface area (Å²) in [5.74, 6) is -3.50. The van der Waals surface area contributed by atoms with E-state index in [9.17, 15) is 28.8 Å². The standard InChI is InChI=1S/C30H49N5O8/c1-8-18(4)24-29(40)34(7)25(17(2)3)30(41)33(6)19(5)26(37)31-13-12-23(36)43-22(15-20-16-42-20)28(39)35-14-10-9-11-21(35)27(38)32-24/h17-22,24-25H,8-16H2,1-7H3,(H,31,37)(H,32,38)/t18?,19-,20?,21-,22+,24-,25?/m0/s1. The van der Waals surface area contributed by atoms with E-state index in [0.717, 1.165) is 0 Å². The molecule has 0 saturated carbocycles. The molecule has 242 valence electrons. The summed E-state index contributed by atoms with van der Waals surface area (Å²) >= 11 is 0. The Bertz CT molecular complexity index is 1060. The minimum absolute atomic E-state index is 0.0534. The molecule has 3 fully saturated rings. The fourth-order valence-corrected chi connectivity index (χ4v) is 5.71. The first-order valence-corrected chi connectivity index (χ1v) is 15.5. The molecule has 3 aliphatic heterocycles. The Hall–Kier alpha value is -3.22. The van der Waals surface area contributed by atoms with Crippen molar-refractivity contribution in [3.05, 3.63) is 0 Å². The predicted molar refractivity (Wildman–Crippen MR) is 156 cm³/mol. The Morgan fingerprint density at radius 2 is 1.60 bits per heavy atom. The highest BCUT2D eigenvalue weighted by molar-refractivity contribution is 5.96. The summed E-state index contributed by atoms with van der Waals surface area (Å²) in [4.78, 5) is 85.1. The molecular formula is C30H49N5O8. The van der Waals surface area contributed by atoms with Gasteiger partial charge in [0.15, 0.2) is 6.10 Å². The van der Waals surface area contributed by atoms with E-state index in [-0.39, 0.29) is 37.3 Å². The summed E-state index contributed by atoms with van der Waals surface area (Å²) < 4.78 is 10.9. The number of cyclic esters (lactones) is 1. The van der Waals surface area contributed by atoms with Crippen LogP contribution in [0.15, 0.2) is 0 Å². The van der Waals surface area contributed by atoms with Crippen molar-refractivity contribution in [3.8, 4) is 0 Å². The lowest BCUT2D eigenvalue weighted by Crippen LogP contribution is -2.61. The maximum absolute atomic E-state index is 14.0. The van der Waals surface area contributed by atoms with Crippen LogP contribution in [-0.2, 0) is 38.2 Å². The van der Waals surface area contributed by atoms with Crippen molar-refractivity contribution in [2.24, 2.45) is 11.8 Å². The zero-order valence-corrected chi connectivity index (χ0v) is 26.6. The monoisotopic (exact) mass is 607 g/mol. The molecule has 5 amide bonds. The smallest absolute Gasteiger partial charge is 0.308 e. The number of carbonyl (C=O) groups excluding carboxylic acids is 6. The third-order valence-corrected chi connectivity index (χ3v) is 8.88. The van der Waals surface area contributed by atoms with Crippen LogP contribution >= 0.6 is 0 Å². The molecule has 3 aliphatic rings. The van der Waals surface area contributed by atoms with Crippen LogP contribution in [-0.4, -0.2) is 120 Å².